The average molecular weight is 381 g/mol. The highest BCUT2D eigenvalue weighted by atomic mass is 19.4. The van der Waals surface area contributed by atoms with Gasteiger partial charge in [-0.2, -0.15) is 13.2 Å². The number of benzene rings is 2. The Morgan fingerprint density at radius 3 is 1.89 bits per heavy atom. The summed E-state index contributed by atoms with van der Waals surface area (Å²) in [4.78, 5) is 23.8. The summed E-state index contributed by atoms with van der Waals surface area (Å²) in [5, 5.41) is 11.1. The summed E-state index contributed by atoms with van der Waals surface area (Å²) in [5.41, 5.74) is 7.71. The van der Waals surface area contributed by atoms with Crippen molar-refractivity contribution in [3.8, 4) is 11.1 Å². The number of hydrogen-bond acceptors (Lipinski definition) is 4. The number of alkyl halides is 3. The second kappa shape index (κ2) is 8.19. The average Bonchev–Trinajstić information content (AvgIpc) is 2.64. The molecule has 2 aromatic rings. The molecule has 6 nitrogen and oxygen atoms in total. The number of hydroxylamine groups is 1. The molecular weight excluding hydrogens is 363 g/mol. The Kier molecular flexibility index (Phi) is 6.19. The molecule has 0 aliphatic rings. The molecule has 0 fully saturated rings. The molecule has 2 rings (SSSR count). The minimum Gasteiger partial charge on any atom is -0.339 e. The van der Waals surface area contributed by atoms with Crippen LogP contribution in [0.4, 0.5) is 13.2 Å². The van der Waals surface area contributed by atoms with E-state index in [4.69, 9.17) is 10.9 Å². The fraction of sp³-hybridized carbons (Fsp3) is 0.222. The van der Waals surface area contributed by atoms with Crippen molar-refractivity contribution in [1.29, 1.82) is 0 Å². The first kappa shape index (κ1) is 20.4. The molecule has 0 saturated heterocycles. The monoisotopic (exact) mass is 381 g/mol. The normalized spacial score (nSPS) is 13.6. The van der Waals surface area contributed by atoms with Gasteiger partial charge in [-0.3, -0.25) is 14.8 Å². The molecule has 0 spiro atoms. The van der Waals surface area contributed by atoms with Gasteiger partial charge in [0, 0.05) is 11.6 Å². The zero-order chi connectivity index (χ0) is 20.2. The summed E-state index contributed by atoms with van der Waals surface area (Å²) in [5.74, 6) is -1.43. The van der Waals surface area contributed by atoms with Gasteiger partial charge < -0.3 is 11.1 Å². The Hall–Kier alpha value is -2.91. The molecule has 5 N–H and O–H groups in total. The predicted octanol–water partition coefficient (Wildman–Crippen LogP) is 2.32. The Morgan fingerprint density at radius 1 is 1.00 bits per heavy atom. The molecule has 2 atom stereocenters. The van der Waals surface area contributed by atoms with Crippen LogP contribution >= 0.6 is 0 Å². The highest BCUT2D eigenvalue weighted by molar-refractivity contribution is 5.98. The standard InChI is InChI=1S/C18H18F3N3O3/c1-10(22)15(17(26)24-27)23-16(25)13-4-2-11(3-5-13)12-6-8-14(9-7-12)18(19,20)21/h2-10,15,27H,22H2,1H3,(H,23,25)(H,24,26)/t10-,15+/m1/s1. The summed E-state index contributed by atoms with van der Waals surface area (Å²) in [6, 6.07) is 8.87. The van der Waals surface area contributed by atoms with Gasteiger partial charge in [0.05, 0.1) is 5.56 Å². The fourth-order valence-corrected chi connectivity index (χ4v) is 2.40. The van der Waals surface area contributed by atoms with E-state index in [0.717, 1.165) is 12.1 Å². The van der Waals surface area contributed by atoms with E-state index >= 15 is 0 Å². The summed E-state index contributed by atoms with van der Waals surface area (Å²) in [6.45, 7) is 1.49. The molecule has 0 heterocycles. The van der Waals surface area contributed by atoms with Gasteiger partial charge in [0.1, 0.15) is 6.04 Å². The Labute approximate surface area is 153 Å². The van der Waals surface area contributed by atoms with Crippen molar-refractivity contribution >= 4 is 11.8 Å². The summed E-state index contributed by atoms with van der Waals surface area (Å²) >= 11 is 0. The lowest BCUT2D eigenvalue weighted by atomic mass is 10.0. The third kappa shape index (κ3) is 5.05. The third-order valence-corrected chi connectivity index (χ3v) is 3.90. The second-order valence-electron chi connectivity index (χ2n) is 5.94. The van der Waals surface area contributed by atoms with Gasteiger partial charge in [0.15, 0.2) is 0 Å². The number of nitrogens with two attached hydrogens (primary N) is 1. The largest absolute Gasteiger partial charge is 0.416 e. The van der Waals surface area contributed by atoms with Crippen LogP contribution in [0, 0.1) is 0 Å². The van der Waals surface area contributed by atoms with Gasteiger partial charge in [-0.05, 0) is 42.3 Å². The Bertz CT molecular complexity index is 803. The Balaban J connectivity index is 2.14. The van der Waals surface area contributed by atoms with Crippen molar-refractivity contribution in [1.82, 2.24) is 10.8 Å². The third-order valence-electron chi connectivity index (χ3n) is 3.90. The van der Waals surface area contributed by atoms with Crippen LogP contribution in [0.25, 0.3) is 11.1 Å². The molecule has 0 bridgehead atoms. The van der Waals surface area contributed by atoms with Crippen molar-refractivity contribution in [2.24, 2.45) is 5.73 Å². The maximum absolute atomic E-state index is 12.6. The minimum atomic E-state index is -4.40. The number of rotatable bonds is 5. The molecule has 144 valence electrons. The SMILES string of the molecule is C[C@@H](N)[C@H](NC(=O)c1ccc(-c2ccc(C(F)(F)F)cc2)cc1)C(=O)NO. The molecule has 0 unspecified atom stereocenters. The molecule has 2 aromatic carbocycles. The summed E-state index contributed by atoms with van der Waals surface area (Å²) in [6.07, 6.45) is -4.40. The van der Waals surface area contributed by atoms with Crippen LogP contribution in [-0.2, 0) is 11.0 Å². The van der Waals surface area contributed by atoms with Gasteiger partial charge >= 0.3 is 6.18 Å². The van der Waals surface area contributed by atoms with E-state index in [1.165, 1.54) is 36.7 Å². The highest BCUT2D eigenvalue weighted by Gasteiger charge is 2.30. The quantitative estimate of drug-likeness (QED) is 0.471. The predicted molar refractivity (Wildman–Crippen MR) is 91.7 cm³/mol. The van der Waals surface area contributed by atoms with E-state index in [1.54, 1.807) is 12.1 Å². The van der Waals surface area contributed by atoms with Gasteiger partial charge in [-0.25, -0.2) is 5.48 Å². The van der Waals surface area contributed by atoms with E-state index in [2.05, 4.69) is 5.32 Å². The fourth-order valence-electron chi connectivity index (χ4n) is 2.40. The number of hydrogen-bond donors (Lipinski definition) is 4. The molecule has 27 heavy (non-hydrogen) atoms. The number of carbonyl (C=O) groups excluding carboxylic acids is 2. The molecule has 0 aliphatic heterocycles. The molecule has 0 aliphatic carbocycles. The minimum absolute atomic E-state index is 0.224. The molecule has 9 heteroatoms. The van der Waals surface area contributed by atoms with Crippen molar-refractivity contribution in [2.45, 2.75) is 25.2 Å². The number of amides is 2. The second-order valence-corrected chi connectivity index (χ2v) is 5.94. The summed E-state index contributed by atoms with van der Waals surface area (Å²) in [7, 11) is 0. The maximum Gasteiger partial charge on any atom is 0.416 e. The van der Waals surface area contributed by atoms with Gasteiger partial charge in [-0.1, -0.05) is 24.3 Å². The van der Waals surface area contributed by atoms with Gasteiger partial charge in [0.25, 0.3) is 11.8 Å². The lowest BCUT2D eigenvalue weighted by Gasteiger charge is -2.20. The van der Waals surface area contributed by atoms with Crippen molar-refractivity contribution in [2.75, 3.05) is 0 Å². The van der Waals surface area contributed by atoms with E-state index < -0.39 is 35.6 Å². The molecule has 2 amide bonds. The number of nitrogens with one attached hydrogen (secondary N) is 2. The van der Waals surface area contributed by atoms with E-state index in [0.29, 0.717) is 11.1 Å². The molecule has 0 saturated carbocycles. The van der Waals surface area contributed by atoms with Crippen LogP contribution in [0.15, 0.2) is 48.5 Å². The van der Waals surface area contributed by atoms with Gasteiger partial charge in [0.2, 0.25) is 0 Å². The zero-order valence-electron chi connectivity index (χ0n) is 14.2. The lowest BCUT2D eigenvalue weighted by molar-refractivity contribution is -0.137. The van der Waals surface area contributed by atoms with E-state index in [1.807, 2.05) is 0 Å². The van der Waals surface area contributed by atoms with E-state index in [9.17, 15) is 22.8 Å². The number of halogens is 3. The van der Waals surface area contributed by atoms with Gasteiger partial charge in [-0.15, -0.1) is 0 Å². The zero-order valence-corrected chi connectivity index (χ0v) is 14.2. The van der Waals surface area contributed by atoms with Crippen LogP contribution in [0.1, 0.15) is 22.8 Å². The van der Waals surface area contributed by atoms with Crippen molar-refractivity contribution in [3.63, 3.8) is 0 Å². The first-order chi connectivity index (χ1) is 12.6. The summed E-state index contributed by atoms with van der Waals surface area (Å²) < 4.78 is 37.8. The maximum atomic E-state index is 12.6. The van der Waals surface area contributed by atoms with E-state index in [-0.39, 0.29) is 5.56 Å². The van der Waals surface area contributed by atoms with Crippen molar-refractivity contribution < 1.29 is 28.0 Å². The van der Waals surface area contributed by atoms with Crippen LogP contribution < -0.4 is 16.5 Å². The smallest absolute Gasteiger partial charge is 0.339 e. The van der Waals surface area contributed by atoms with Crippen LogP contribution in [0.2, 0.25) is 0 Å². The first-order valence-electron chi connectivity index (χ1n) is 7.91. The number of carbonyl (C=O) groups is 2. The highest BCUT2D eigenvalue weighted by Crippen LogP contribution is 2.31. The first-order valence-corrected chi connectivity index (χ1v) is 7.91. The topological polar surface area (TPSA) is 104 Å². The van der Waals surface area contributed by atoms with Crippen LogP contribution in [0.3, 0.4) is 0 Å². The molecular formula is C18H18F3N3O3. The molecule has 0 aromatic heterocycles. The Morgan fingerprint density at radius 2 is 1.48 bits per heavy atom. The van der Waals surface area contributed by atoms with Crippen LogP contribution in [0.5, 0.6) is 0 Å². The lowest BCUT2D eigenvalue weighted by Crippen LogP contribution is -2.54. The van der Waals surface area contributed by atoms with Crippen molar-refractivity contribution in [3.05, 3.63) is 59.7 Å². The van der Waals surface area contributed by atoms with Crippen LogP contribution in [-0.4, -0.2) is 29.1 Å². The molecule has 0 radical (unpaired) electrons.